The second-order valence-corrected chi connectivity index (χ2v) is 7.84. The third kappa shape index (κ3) is 2.77. The molecule has 2 aliphatic rings. The number of aromatic nitrogens is 2. The van der Waals surface area contributed by atoms with E-state index in [9.17, 15) is 4.79 Å². The highest BCUT2D eigenvalue weighted by molar-refractivity contribution is 7.13. The van der Waals surface area contributed by atoms with Gasteiger partial charge in [-0.3, -0.25) is 4.79 Å². The van der Waals surface area contributed by atoms with Crippen LogP contribution in [0.25, 0.3) is 11.6 Å². The average Bonchev–Trinajstić information content (AvgIpc) is 3.08. The summed E-state index contributed by atoms with van der Waals surface area (Å²) in [6.07, 6.45) is 10.4. The van der Waals surface area contributed by atoms with E-state index in [1.807, 2.05) is 24.3 Å². The quantitative estimate of drug-likeness (QED) is 0.807. The Morgan fingerprint density at radius 3 is 2.83 bits per heavy atom. The Balaban J connectivity index is 1.68. The molecule has 4 nitrogen and oxygen atoms in total. The number of nitrogens with one attached hydrogen (secondary N) is 1. The second-order valence-electron chi connectivity index (χ2n) is 6.72. The van der Waals surface area contributed by atoms with Crippen molar-refractivity contribution in [1.29, 1.82) is 0 Å². The highest BCUT2D eigenvalue weighted by atomic mass is 32.1. The van der Waals surface area contributed by atoms with Crippen LogP contribution in [0.2, 0.25) is 0 Å². The van der Waals surface area contributed by atoms with E-state index in [0.717, 1.165) is 10.4 Å². The maximum Gasteiger partial charge on any atom is 0.257 e. The summed E-state index contributed by atoms with van der Waals surface area (Å²) in [5, 5.41) is 2.84. The van der Waals surface area contributed by atoms with Gasteiger partial charge in [-0.25, -0.2) is 9.97 Å². The molecule has 24 heavy (non-hydrogen) atoms. The number of hydrogen-bond donors (Lipinski definition) is 1. The molecular formula is C19H21N3OS. The Kier molecular flexibility index (Phi) is 3.96. The molecule has 2 aromatic heterocycles. The summed E-state index contributed by atoms with van der Waals surface area (Å²) < 4.78 is 0. The largest absolute Gasteiger partial charge is 0.306 e. The maximum absolute atomic E-state index is 12.3. The van der Waals surface area contributed by atoms with E-state index in [1.165, 1.54) is 42.5 Å². The van der Waals surface area contributed by atoms with Crippen LogP contribution in [0.15, 0.2) is 12.3 Å². The van der Waals surface area contributed by atoms with Crippen LogP contribution in [0.4, 0.5) is 5.82 Å². The molecule has 0 radical (unpaired) electrons. The van der Waals surface area contributed by atoms with Crippen molar-refractivity contribution in [3.05, 3.63) is 39.0 Å². The van der Waals surface area contributed by atoms with Crippen LogP contribution < -0.4 is 5.32 Å². The van der Waals surface area contributed by atoms with Gasteiger partial charge in [-0.1, -0.05) is 19.3 Å². The van der Waals surface area contributed by atoms with E-state index in [1.54, 1.807) is 6.20 Å². The molecule has 1 aliphatic heterocycles. The Morgan fingerprint density at radius 2 is 2.04 bits per heavy atom. The lowest BCUT2D eigenvalue weighted by Crippen LogP contribution is -2.04. The predicted octanol–water partition coefficient (Wildman–Crippen LogP) is 4.70. The fraction of sp³-hybridized carbons (Fsp3) is 0.421. The molecule has 1 amide bonds. The van der Waals surface area contributed by atoms with Gasteiger partial charge in [0.2, 0.25) is 0 Å². The van der Waals surface area contributed by atoms with E-state index in [-0.39, 0.29) is 5.91 Å². The monoisotopic (exact) mass is 339 g/mol. The normalized spacial score (nSPS) is 19.6. The van der Waals surface area contributed by atoms with Crippen molar-refractivity contribution < 1.29 is 4.79 Å². The SMILES string of the molecule is Cc1ncc2c(n1)NC(=O)C2=Cc1cc(C)c(C2CCCCC2)s1. The molecular weight excluding hydrogens is 318 g/mol. The highest BCUT2D eigenvalue weighted by Gasteiger charge is 2.26. The number of hydrogen-bond acceptors (Lipinski definition) is 4. The van der Waals surface area contributed by atoms with Gasteiger partial charge in [-0.15, -0.1) is 11.3 Å². The summed E-state index contributed by atoms with van der Waals surface area (Å²) in [4.78, 5) is 23.5. The Bertz CT molecular complexity index is 831. The van der Waals surface area contributed by atoms with Crippen LogP contribution in [-0.4, -0.2) is 15.9 Å². The van der Waals surface area contributed by atoms with Crippen molar-refractivity contribution in [3.8, 4) is 0 Å². The first kappa shape index (κ1) is 15.5. The standard InChI is InChI=1S/C19H21N3OS/c1-11-8-14(24-17(11)13-6-4-3-5-7-13)9-15-16-10-20-12(2)21-18(16)22-19(15)23/h8-10,13H,3-7H2,1-2H3,(H,20,21,22,23). The average molecular weight is 339 g/mol. The summed E-state index contributed by atoms with van der Waals surface area (Å²) in [5.41, 5.74) is 2.83. The molecule has 0 aromatic carbocycles. The van der Waals surface area contributed by atoms with Crippen LogP contribution in [-0.2, 0) is 4.79 Å². The summed E-state index contributed by atoms with van der Waals surface area (Å²) in [7, 11) is 0. The van der Waals surface area contributed by atoms with Crippen molar-refractivity contribution in [2.75, 3.05) is 5.32 Å². The van der Waals surface area contributed by atoms with Crippen molar-refractivity contribution in [3.63, 3.8) is 0 Å². The van der Waals surface area contributed by atoms with Gasteiger partial charge in [-0.2, -0.15) is 0 Å². The number of aryl methyl sites for hydroxylation is 2. The van der Waals surface area contributed by atoms with E-state index < -0.39 is 0 Å². The summed E-state index contributed by atoms with van der Waals surface area (Å²) in [6.45, 7) is 4.02. The third-order valence-electron chi connectivity index (χ3n) is 4.91. The van der Waals surface area contributed by atoms with Gasteiger partial charge in [-0.05, 0) is 50.3 Å². The Hall–Kier alpha value is -2.01. The first-order chi connectivity index (χ1) is 11.6. The van der Waals surface area contributed by atoms with Gasteiger partial charge < -0.3 is 5.32 Å². The van der Waals surface area contributed by atoms with Crippen LogP contribution in [0.1, 0.15) is 64.7 Å². The zero-order valence-electron chi connectivity index (χ0n) is 14.1. The minimum atomic E-state index is -0.0878. The lowest BCUT2D eigenvalue weighted by Gasteiger charge is -2.21. The fourth-order valence-corrected chi connectivity index (χ4v) is 5.00. The van der Waals surface area contributed by atoms with Crippen LogP contribution in [0, 0.1) is 13.8 Å². The predicted molar refractivity (Wildman–Crippen MR) is 98.2 cm³/mol. The van der Waals surface area contributed by atoms with Gasteiger partial charge in [0.15, 0.2) is 0 Å². The molecule has 0 saturated heterocycles. The minimum Gasteiger partial charge on any atom is -0.306 e. The lowest BCUT2D eigenvalue weighted by molar-refractivity contribution is -0.110. The van der Waals surface area contributed by atoms with Crippen LogP contribution in [0.3, 0.4) is 0 Å². The molecule has 124 valence electrons. The zero-order chi connectivity index (χ0) is 16.7. The molecule has 1 aliphatic carbocycles. The molecule has 1 N–H and O–H groups in total. The Labute approximate surface area is 146 Å². The van der Waals surface area contributed by atoms with Crippen LogP contribution in [0.5, 0.6) is 0 Å². The van der Waals surface area contributed by atoms with Gasteiger partial charge in [0.25, 0.3) is 5.91 Å². The van der Waals surface area contributed by atoms with Crippen molar-refractivity contribution >= 4 is 34.7 Å². The number of nitrogens with zero attached hydrogens (tertiary/aromatic N) is 2. The molecule has 1 fully saturated rings. The lowest BCUT2D eigenvalue weighted by atomic mass is 9.87. The molecule has 0 atom stereocenters. The number of carbonyl (C=O) groups excluding carboxylic acids is 1. The van der Waals surface area contributed by atoms with Gasteiger partial charge in [0.1, 0.15) is 11.6 Å². The smallest absolute Gasteiger partial charge is 0.257 e. The second kappa shape index (κ2) is 6.13. The highest BCUT2D eigenvalue weighted by Crippen LogP contribution is 2.40. The van der Waals surface area contributed by atoms with Crippen molar-refractivity contribution in [2.45, 2.75) is 51.9 Å². The molecule has 1 saturated carbocycles. The molecule has 0 unspecified atom stereocenters. The van der Waals surface area contributed by atoms with Crippen molar-refractivity contribution in [1.82, 2.24) is 9.97 Å². The van der Waals surface area contributed by atoms with Crippen LogP contribution >= 0.6 is 11.3 Å². The van der Waals surface area contributed by atoms with Crippen molar-refractivity contribution in [2.24, 2.45) is 0 Å². The molecule has 5 heteroatoms. The van der Waals surface area contributed by atoms with E-state index in [2.05, 4.69) is 28.3 Å². The number of anilines is 1. The minimum absolute atomic E-state index is 0.0878. The summed E-state index contributed by atoms with van der Waals surface area (Å²) in [5.74, 6) is 1.91. The topological polar surface area (TPSA) is 54.9 Å². The number of amides is 1. The molecule has 3 heterocycles. The number of rotatable bonds is 2. The molecule has 0 bridgehead atoms. The fourth-order valence-electron chi connectivity index (χ4n) is 3.71. The molecule has 2 aromatic rings. The first-order valence-electron chi connectivity index (χ1n) is 8.59. The van der Waals surface area contributed by atoms with E-state index >= 15 is 0 Å². The number of fused-ring (bicyclic) bond motifs is 1. The third-order valence-corrected chi connectivity index (χ3v) is 6.26. The van der Waals surface area contributed by atoms with Gasteiger partial charge in [0.05, 0.1) is 5.57 Å². The summed E-state index contributed by atoms with van der Waals surface area (Å²) in [6, 6.07) is 2.21. The Morgan fingerprint density at radius 1 is 1.25 bits per heavy atom. The summed E-state index contributed by atoms with van der Waals surface area (Å²) >= 11 is 1.84. The molecule has 0 spiro atoms. The van der Waals surface area contributed by atoms with E-state index in [0.29, 0.717) is 23.1 Å². The number of thiophene rings is 1. The zero-order valence-corrected chi connectivity index (χ0v) is 14.9. The van der Waals surface area contributed by atoms with Gasteiger partial charge in [0, 0.05) is 21.5 Å². The van der Waals surface area contributed by atoms with Gasteiger partial charge >= 0.3 is 0 Å². The number of carbonyl (C=O) groups is 1. The first-order valence-corrected chi connectivity index (χ1v) is 9.41. The molecule has 4 rings (SSSR count). The maximum atomic E-state index is 12.3. The van der Waals surface area contributed by atoms with E-state index in [4.69, 9.17) is 0 Å².